The molecular weight excluding hydrogens is 268 g/mol. The zero-order chi connectivity index (χ0) is 15.5. The number of amides is 1. The Morgan fingerprint density at radius 3 is 2.40 bits per heavy atom. The molecule has 1 atom stereocenters. The second kappa shape index (κ2) is 5.72. The molecular formula is C12H18N2O6. The van der Waals surface area contributed by atoms with Crippen LogP contribution in [0.3, 0.4) is 0 Å². The highest BCUT2D eigenvalue weighted by Gasteiger charge is 2.23. The number of H-pyrrole nitrogens is 1. The van der Waals surface area contributed by atoms with Crippen LogP contribution in [0, 0.1) is 0 Å². The molecule has 0 aliphatic carbocycles. The summed E-state index contributed by atoms with van der Waals surface area (Å²) in [6.07, 6.45) is -0.761. The fourth-order valence-electron chi connectivity index (χ4n) is 1.23. The van der Waals surface area contributed by atoms with Crippen molar-refractivity contribution >= 4 is 12.1 Å². The number of hydrogen-bond acceptors (Lipinski definition) is 6. The smallest absolute Gasteiger partial charge is 0.408 e. The van der Waals surface area contributed by atoms with E-state index in [1.54, 1.807) is 20.8 Å². The first-order valence-electron chi connectivity index (χ1n) is 5.90. The Kier molecular flexibility index (Phi) is 4.49. The van der Waals surface area contributed by atoms with Crippen molar-refractivity contribution in [3.8, 4) is 17.5 Å². The van der Waals surface area contributed by atoms with Crippen LogP contribution >= 0.6 is 0 Å². The molecule has 4 N–H and O–H groups in total. The van der Waals surface area contributed by atoms with Gasteiger partial charge in [0.1, 0.15) is 11.6 Å². The first-order chi connectivity index (χ1) is 9.08. The van der Waals surface area contributed by atoms with E-state index in [9.17, 15) is 14.7 Å². The average Bonchev–Trinajstić information content (AvgIpc) is 2.54. The number of aromatic hydroxyl groups is 2. The summed E-state index contributed by atoms with van der Waals surface area (Å²) in [5.74, 6) is -1.88. The van der Waals surface area contributed by atoms with Crippen molar-refractivity contribution in [3.05, 3.63) is 6.07 Å². The van der Waals surface area contributed by atoms with Crippen molar-refractivity contribution < 1.29 is 29.3 Å². The topological polar surface area (TPSA) is 121 Å². The minimum absolute atomic E-state index is 0.231. The maximum atomic E-state index is 11.7. The Morgan fingerprint density at radius 1 is 1.35 bits per heavy atom. The molecule has 0 bridgehead atoms. The van der Waals surface area contributed by atoms with Gasteiger partial charge >= 0.3 is 12.1 Å². The molecule has 1 heterocycles. The molecule has 0 radical (unpaired) electrons. The quantitative estimate of drug-likeness (QED) is 0.620. The molecule has 0 aliphatic heterocycles. The number of hydrogen-bond donors (Lipinski definition) is 4. The largest absolute Gasteiger partial charge is 0.494 e. The number of aromatic amines is 1. The molecule has 0 fully saturated rings. The predicted molar refractivity (Wildman–Crippen MR) is 68.6 cm³/mol. The Balaban J connectivity index is 2.55. The lowest BCUT2D eigenvalue weighted by atomic mass is 10.2. The van der Waals surface area contributed by atoms with Gasteiger partial charge in [0.15, 0.2) is 11.6 Å². The number of carbonyl (C=O) groups is 2. The Bertz CT molecular complexity index is 503. The number of aromatic nitrogens is 1. The zero-order valence-electron chi connectivity index (χ0n) is 11.7. The lowest BCUT2D eigenvalue weighted by Gasteiger charge is -2.21. The SMILES string of the molecule is C[C@@H](NC(=O)OC(C)(C)C)C(=O)Oc1cc(O)[nH]c1O. The van der Waals surface area contributed by atoms with Gasteiger partial charge in [-0.2, -0.15) is 0 Å². The average molecular weight is 286 g/mol. The van der Waals surface area contributed by atoms with Crippen LogP contribution < -0.4 is 10.1 Å². The molecule has 1 amide bonds. The molecule has 0 spiro atoms. The van der Waals surface area contributed by atoms with Crippen LogP contribution in [0.5, 0.6) is 17.5 Å². The van der Waals surface area contributed by atoms with E-state index in [0.717, 1.165) is 6.07 Å². The Hall–Kier alpha value is -2.38. The third-order valence-corrected chi connectivity index (χ3v) is 2.05. The van der Waals surface area contributed by atoms with Crippen molar-refractivity contribution in [2.45, 2.75) is 39.3 Å². The molecule has 112 valence electrons. The summed E-state index contributed by atoms with van der Waals surface area (Å²) in [6, 6.07) is 0.0502. The van der Waals surface area contributed by atoms with Crippen LogP contribution in [0.15, 0.2) is 6.07 Å². The summed E-state index contributed by atoms with van der Waals surface area (Å²) in [5.41, 5.74) is -0.682. The highest BCUT2D eigenvalue weighted by Crippen LogP contribution is 2.29. The lowest BCUT2D eigenvalue weighted by molar-refractivity contribution is -0.136. The van der Waals surface area contributed by atoms with Crippen LogP contribution in [0.2, 0.25) is 0 Å². The molecule has 0 saturated carbocycles. The normalized spacial score (nSPS) is 12.6. The summed E-state index contributed by atoms with van der Waals surface area (Å²) in [6.45, 7) is 6.47. The van der Waals surface area contributed by atoms with E-state index in [0.29, 0.717) is 0 Å². The van der Waals surface area contributed by atoms with Gasteiger partial charge in [0, 0.05) is 6.07 Å². The summed E-state index contributed by atoms with van der Waals surface area (Å²) >= 11 is 0. The third kappa shape index (κ3) is 4.71. The second-order valence-electron chi connectivity index (χ2n) is 5.16. The molecule has 8 heteroatoms. The van der Waals surface area contributed by atoms with Crippen LogP contribution in [0.25, 0.3) is 0 Å². The molecule has 1 aromatic heterocycles. The highest BCUT2D eigenvalue weighted by molar-refractivity contribution is 5.83. The van der Waals surface area contributed by atoms with Gasteiger partial charge in [-0.15, -0.1) is 0 Å². The third-order valence-electron chi connectivity index (χ3n) is 2.05. The fourth-order valence-corrected chi connectivity index (χ4v) is 1.23. The van der Waals surface area contributed by atoms with E-state index in [1.165, 1.54) is 6.92 Å². The van der Waals surface area contributed by atoms with Gasteiger partial charge in [-0.05, 0) is 27.7 Å². The summed E-state index contributed by atoms with van der Waals surface area (Å²) in [7, 11) is 0. The van der Waals surface area contributed by atoms with E-state index >= 15 is 0 Å². The highest BCUT2D eigenvalue weighted by atomic mass is 16.6. The summed E-state index contributed by atoms with van der Waals surface area (Å²) in [4.78, 5) is 25.3. The maximum absolute atomic E-state index is 11.7. The number of alkyl carbamates (subject to hydrolysis) is 1. The van der Waals surface area contributed by atoms with E-state index in [2.05, 4.69) is 10.3 Å². The molecule has 0 aliphatic rings. The van der Waals surface area contributed by atoms with Crippen molar-refractivity contribution in [1.82, 2.24) is 10.3 Å². The molecule has 0 aromatic carbocycles. The second-order valence-corrected chi connectivity index (χ2v) is 5.16. The van der Waals surface area contributed by atoms with Crippen molar-refractivity contribution in [1.29, 1.82) is 0 Å². The lowest BCUT2D eigenvalue weighted by Crippen LogP contribution is -2.43. The fraction of sp³-hybridized carbons (Fsp3) is 0.500. The van der Waals surface area contributed by atoms with Gasteiger partial charge in [0.2, 0.25) is 5.88 Å². The minimum Gasteiger partial charge on any atom is -0.494 e. The Morgan fingerprint density at radius 2 is 1.95 bits per heavy atom. The van der Waals surface area contributed by atoms with E-state index in [1.807, 2.05) is 0 Å². The maximum Gasteiger partial charge on any atom is 0.408 e. The van der Waals surface area contributed by atoms with Gasteiger partial charge < -0.3 is 25.0 Å². The van der Waals surface area contributed by atoms with Crippen LogP contribution in [-0.4, -0.2) is 38.9 Å². The van der Waals surface area contributed by atoms with Gasteiger partial charge in [-0.3, -0.25) is 4.98 Å². The number of ether oxygens (including phenoxy) is 2. The molecule has 20 heavy (non-hydrogen) atoms. The van der Waals surface area contributed by atoms with E-state index < -0.39 is 29.6 Å². The molecule has 1 aromatic rings. The van der Waals surface area contributed by atoms with E-state index in [-0.39, 0.29) is 11.6 Å². The van der Waals surface area contributed by atoms with Crippen LogP contribution in [-0.2, 0) is 9.53 Å². The minimum atomic E-state index is -0.985. The number of rotatable bonds is 3. The van der Waals surface area contributed by atoms with Crippen molar-refractivity contribution in [3.63, 3.8) is 0 Å². The van der Waals surface area contributed by atoms with E-state index in [4.69, 9.17) is 14.6 Å². The number of carbonyl (C=O) groups excluding carboxylic acids is 2. The van der Waals surface area contributed by atoms with Gasteiger partial charge in [-0.1, -0.05) is 0 Å². The standard InChI is InChI=1S/C12H18N2O6/c1-6(13-11(18)20-12(2,3)4)10(17)19-7-5-8(15)14-9(7)16/h5-6,14-16H,1-4H3,(H,13,18)/t6-/m1/s1. The van der Waals surface area contributed by atoms with Gasteiger partial charge in [0.25, 0.3) is 0 Å². The summed E-state index contributed by atoms with van der Waals surface area (Å²) in [5, 5.41) is 20.6. The summed E-state index contributed by atoms with van der Waals surface area (Å²) < 4.78 is 9.79. The van der Waals surface area contributed by atoms with Crippen LogP contribution in [0.1, 0.15) is 27.7 Å². The van der Waals surface area contributed by atoms with Gasteiger partial charge in [0.05, 0.1) is 0 Å². The zero-order valence-corrected chi connectivity index (χ0v) is 11.7. The van der Waals surface area contributed by atoms with Gasteiger partial charge in [-0.25, -0.2) is 9.59 Å². The monoisotopic (exact) mass is 286 g/mol. The predicted octanol–water partition coefficient (Wildman–Crippen LogP) is 1.24. The molecule has 0 unspecified atom stereocenters. The molecule has 1 rings (SSSR count). The molecule has 0 saturated heterocycles. The van der Waals surface area contributed by atoms with Crippen molar-refractivity contribution in [2.24, 2.45) is 0 Å². The first kappa shape index (κ1) is 15.7. The Labute approximate surface area is 115 Å². The first-order valence-corrected chi connectivity index (χ1v) is 5.90. The number of esters is 1. The van der Waals surface area contributed by atoms with Crippen LogP contribution in [0.4, 0.5) is 4.79 Å². The van der Waals surface area contributed by atoms with Crippen molar-refractivity contribution in [2.75, 3.05) is 0 Å². The number of nitrogens with one attached hydrogen (secondary N) is 2. The molecule has 8 nitrogen and oxygen atoms in total.